The Kier molecular flexibility index (Phi) is 13.4. The first kappa shape index (κ1) is 31.7. The third-order valence-electron chi connectivity index (χ3n) is 3.72. The van der Waals surface area contributed by atoms with E-state index >= 15 is 0 Å². The van der Waals surface area contributed by atoms with Gasteiger partial charge in [0.2, 0.25) is 0 Å². The molecule has 13 nitrogen and oxygen atoms in total. The highest BCUT2D eigenvalue weighted by molar-refractivity contribution is 7.86. The highest BCUT2D eigenvalue weighted by atomic mass is 32.2. The van der Waals surface area contributed by atoms with Crippen LogP contribution in [0.3, 0.4) is 0 Å². The van der Waals surface area contributed by atoms with Crippen LogP contribution in [0.1, 0.15) is 22.3 Å². The maximum absolute atomic E-state index is 9.89. The second-order valence-corrected chi connectivity index (χ2v) is 9.72. The summed E-state index contributed by atoms with van der Waals surface area (Å²) in [4.78, 5) is 0. The number of nitrogen functional groups attached to an aromatic ring is 2. The lowest BCUT2D eigenvalue weighted by Gasteiger charge is -2.03. The van der Waals surface area contributed by atoms with E-state index in [9.17, 15) is 21.9 Å². The minimum Gasteiger partial charge on any atom is -0.507 e. The number of benzene rings is 2. The SMILES string of the molecule is N=C(N)c1ccc(C=Cc2ccc(C(=N)N)cc2O)cc1.O=S(=O)(O)CCO.O=S(=O)(O)CCO. The third-order valence-corrected chi connectivity index (χ3v) is 5.11. The van der Waals surface area contributed by atoms with Crippen molar-refractivity contribution in [2.24, 2.45) is 11.5 Å². The number of nitrogens with one attached hydrogen (secondary N) is 2. The van der Waals surface area contributed by atoms with Crippen molar-refractivity contribution in [2.75, 3.05) is 24.7 Å². The highest BCUT2D eigenvalue weighted by Gasteiger charge is 2.02. The molecule has 194 valence electrons. The van der Waals surface area contributed by atoms with Crippen molar-refractivity contribution in [3.8, 4) is 5.75 Å². The van der Waals surface area contributed by atoms with Gasteiger partial charge in [-0.2, -0.15) is 16.8 Å². The lowest BCUT2D eigenvalue weighted by molar-refractivity contribution is 0.314. The van der Waals surface area contributed by atoms with Gasteiger partial charge >= 0.3 is 0 Å². The summed E-state index contributed by atoms with van der Waals surface area (Å²) in [6.45, 7) is -1.06. The fraction of sp³-hybridized carbons (Fsp3) is 0.200. The molecule has 11 N–H and O–H groups in total. The van der Waals surface area contributed by atoms with E-state index in [2.05, 4.69) is 0 Å². The van der Waals surface area contributed by atoms with Crippen LogP contribution in [0.5, 0.6) is 5.75 Å². The molecule has 0 heterocycles. The summed E-state index contributed by atoms with van der Waals surface area (Å²) >= 11 is 0. The summed E-state index contributed by atoms with van der Waals surface area (Å²) in [6.07, 6.45) is 3.61. The van der Waals surface area contributed by atoms with Crippen LogP contribution in [0, 0.1) is 10.8 Å². The minimum atomic E-state index is -3.92. The zero-order valence-electron chi connectivity index (χ0n) is 18.4. The van der Waals surface area contributed by atoms with Gasteiger partial charge in [0.25, 0.3) is 20.2 Å². The van der Waals surface area contributed by atoms with E-state index < -0.39 is 45.0 Å². The molecule has 0 bridgehead atoms. The summed E-state index contributed by atoms with van der Waals surface area (Å²) in [6, 6.07) is 12.1. The Morgan fingerprint density at radius 1 is 0.771 bits per heavy atom. The van der Waals surface area contributed by atoms with E-state index in [1.54, 1.807) is 30.3 Å². The Balaban J connectivity index is 0.000000680. The van der Waals surface area contributed by atoms with Crippen LogP contribution in [0.15, 0.2) is 42.5 Å². The predicted octanol–water partition coefficient (Wildman–Crippen LogP) is -0.136. The van der Waals surface area contributed by atoms with Gasteiger partial charge in [0, 0.05) is 16.7 Å². The number of aliphatic hydroxyl groups is 2. The Morgan fingerprint density at radius 2 is 1.20 bits per heavy atom. The maximum Gasteiger partial charge on any atom is 0.267 e. The van der Waals surface area contributed by atoms with Gasteiger partial charge in [0.05, 0.1) is 24.7 Å². The van der Waals surface area contributed by atoms with Gasteiger partial charge in [-0.25, -0.2) is 0 Å². The number of hydrogen-bond donors (Lipinski definition) is 9. The Hall–Kier alpha value is -3.34. The maximum atomic E-state index is 9.89. The van der Waals surface area contributed by atoms with Crippen LogP contribution in [0.25, 0.3) is 12.2 Å². The Bertz CT molecular complexity index is 1190. The van der Waals surface area contributed by atoms with Crippen molar-refractivity contribution < 1.29 is 41.3 Å². The van der Waals surface area contributed by atoms with Crippen LogP contribution in [-0.4, -0.2) is 77.7 Å². The lowest BCUT2D eigenvalue weighted by Crippen LogP contribution is -2.10. The van der Waals surface area contributed by atoms with Crippen LogP contribution in [0.2, 0.25) is 0 Å². The fourth-order valence-electron chi connectivity index (χ4n) is 2.04. The quantitative estimate of drug-likeness (QED) is 0.0934. The lowest BCUT2D eigenvalue weighted by atomic mass is 10.1. The standard InChI is InChI=1S/C16H16N4O.2C2H6O4S/c17-15(18)12-5-2-10(3-6-12)1-4-11-7-8-13(16(19)20)9-14(11)21;2*3-1-2-7(4,5)6/h1-9,21H,(H3,17,18)(H3,19,20);2*3H,1-2H2,(H,4,5,6). The summed E-state index contributed by atoms with van der Waals surface area (Å²) in [5.41, 5.74) is 13.5. The van der Waals surface area contributed by atoms with Crippen molar-refractivity contribution in [3.63, 3.8) is 0 Å². The first-order valence-electron chi connectivity index (χ1n) is 9.51. The molecule has 0 aliphatic carbocycles. The molecule has 0 amide bonds. The number of hydrogen-bond acceptors (Lipinski definition) is 9. The van der Waals surface area contributed by atoms with Crippen LogP contribution in [0.4, 0.5) is 0 Å². The molecule has 0 aromatic heterocycles. The van der Waals surface area contributed by atoms with Gasteiger partial charge in [0.15, 0.2) is 0 Å². The van der Waals surface area contributed by atoms with Gasteiger partial charge in [-0.05, 0) is 11.6 Å². The summed E-state index contributed by atoms with van der Waals surface area (Å²) in [7, 11) is -7.85. The molecule has 0 aliphatic rings. The Labute approximate surface area is 202 Å². The van der Waals surface area contributed by atoms with Gasteiger partial charge in [-0.15, -0.1) is 0 Å². The van der Waals surface area contributed by atoms with Gasteiger partial charge in [-0.1, -0.05) is 48.6 Å². The highest BCUT2D eigenvalue weighted by Crippen LogP contribution is 2.21. The number of aromatic hydroxyl groups is 1. The monoisotopic (exact) mass is 532 g/mol. The first-order valence-corrected chi connectivity index (χ1v) is 12.7. The van der Waals surface area contributed by atoms with Gasteiger partial charge in [-0.3, -0.25) is 19.9 Å². The molecule has 0 spiro atoms. The molecule has 35 heavy (non-hydrogen) atoms. The summed E-state index contributed by atoms with van der Waals surface area (Å²) in [5.74, 6) is -1.14. The van der Waals surface area contributed by atoms with Crippen LogP contribution >= 0.6 is 0 Å². The molecular weight excluding hydrogens is 504 g/mol. The molecule has 2 rings (SSSR count). The van der Waals surface area contributed by atoms with E-state index in [0.29, 0.717) is 16.7 Å². The molecule has 15 heteroatoms. The minimum absolute atomic E-state index is 0.0306. The zero-order chi connectivity index (χ0) is 27.2. The van der Waals surface area contributed by atoms with Crippen molar-refractivity contribution in [2.45, 2.75) is 0 Å². The fourth-order valence-corrected chi connectivity index (χ4v) is 2.50. The van der Waals surface area contributed by atoms with Crippen LogP contribution < -0.4 is 11.5 Å². The number of nitrogens with two attached hydrogens (primary N) is 2. The first-order chi connectivity index (χ1) is 16.1. The van der Waals surface area contributed by atoms with E-state index in [-0.39, 0.29) is 17.4 Å². The van der Waals surface area contributed by atoms with Gasteiger partial charge < -0.3 is 26.8 Å². The normalized spacial score (nSPS) is 11.1. The molecule has 0 atom stereocenters. The number of amidine groups is 2. The number of rotatable bonds is 8. The van der Waals surface area contributed by atoms with Gasteiger partial charge in [0.1, 0.15) is 17.4 Å². The molecule has 0 fully saturated rings. The summed E-state index contributed by atoms with van der Waals surface area (Å²) in [5, 5.41) is 40.3. The number of phenols is 1. The zero-order valence-corrected chi connectivity index (χ0v) is 20.0. The topological polar surface area (TPSA) is 269 Å². The summed E-state index contributed by atoms with van der Waals surface area (Å²) < 4.78 is 54.2. The van der Waals surface area contributed by atoms with Crippen LogP contribution in [-0.2, 0) is 20.2 Å². The molecular formula is C20H28N4O9S2. The largest absolute Gasteiger partial charge is 0.507 e. The average molecular weight is 533 g/mol. The van der Waals surface area contributed by atoms with Crippen molar-refractivity contribution in [1.82, 2.24) is 0 Å². The molecule has 0 saturated carbocycles. The molecule has 2 aromatic carbocycles. The van der Waals surface area contributed by atoms with E-state index in [1.165, 1.54) is 6.07 Å². The number of phenolic OH excluding ortho intramolecular Hbond substituents is 1. The predicted molar refractivity (Wildman–Crippen MR) is 133 cm³/mol. The third kappa shape index (κ3) is 15.2. The van der Waals surface area contributed by atoms with Crippen molar-refractivity contribution in [3.05, 3.63) is 64.7 Å². The van der Waals surface area contributed by atoms with E-state index in [4.69, 9.17) is 41.6 Å². The molecule has 0 saturated heterocycles. The van der Waals surface area contributed by atoms with E-state index in [1.807, 2.05) is 18.2 Å². The Morgan fingerprint density at radius 3 is 1.51 bits per heavy atom. The molecule has 2 aromatic rings. The second-order valence-electron chi connectivity index (χ2n) is 6.58. The van der Waals surface area contributed by atoms with Crippen molar-refractivity contribution >= 4 is 44.1 Å². The number of aliphatic hydroxyl groups excluding tert-OH is 2. The smallest absolute Gasteiger partial charge is 0.267 e. The molecule has 0 unspecified atom stereocenters. The van der Waals surface area contributed by atoms with Crippen molar-refractivity contribution in [1.29, 1.82) is 10.8 Å². The molecule has 0 aliphatic heterocycles. The van der Waals surface area contributed by atoms with E-state index in [0.717, 1.165) is 5.56 Å². The molecule has 0 radical (unpaired) electrons. The second kappa shape index (κ2) is 14.8. The average Bonchev–Trinajstić information content (AvgIpc) is 2.72.